The van der Waals surface area contributed by atoms with Gasteiger partial charge < -0.3 is 10.8 Å². The second-order valence-electron chi connectivity index (χ2n) is 3.01. The Morgan fingerprint density at radius 1 is 1.50 bits per heavy atom. The third-order valence-electron chi connectivity index (χ3n) is 1.94. The van der Waals surface area contributed by atoms with Crippen LogP contribution < -0.4 is 5.73 Å². The van der Waals surface area contributed by atoms with Gasteiger partial charge in [0.25, 0.3) is 0 Å². The van der Waals surface area contributed by atoms with Crippen molar-refractivity contribution in [3.63, 3.8) is 0 Å². The first-order valence-electron chi connectivity index (χ1n) is 3.99. The molecule has 78 valence electrons. The quantitative estimate of drug-likeness (QED) is 0.804. The molecule has 0 spiro atoms. The SMILES string of the molecule is Cc1cc(Br)c(F)c(C(N)CO)c1F. The number of nitrogens with two attached hydrogens (primary N) is 1. The number of rotatable bonds is 2. The molecule has 5 heteroatoms. The Hall–Kier alpha value is -0.520. The maximum atomic E-state index is 13.4. The van der Waals surface area contributed by atoms with E-state index in [0.29, 0.717) is 0 Å². The molecule has 3 N–H and O–H groups in total. The third kappa shape index (κ3) is 1.94. The van der Waals surface area contributed by atoms with E-state index in [-0.39, 0.29) is 15.6 Å². The number of benzene rings is 1. The largest absolute Gasteiger partial charge is 0.394 e. The number of aliphatic hydroxyl groups excluding tert-OH is 1. The minimum absolute atomic E-state index is 0.148. The van der Waals surface area contributed by atoms with Crippen LogP contribution in [-0.4, -0.2) is 11.7 Å². The summed E-state index contributed by atoms with van der Waals surface area (Å²) in [6, 6.07) is 0.296. The highest BCUT2D eigenvalue weighted by molar-refractivity contribution is 9.10. The van der Waals surface area contributed by atoms with E-state index in [1.54, 1.807) is 0 Å². The molecule has 0 aliphatic rings. The van der Waals surface area contributed by atoms with Crippen molar-refractivity contribution in [2.24, 2.45) is 5.73 Å². The lowest BCUT2D eigenvalue weighted by Crippen LogP contribution is -2.18. The van der Waals surface area contributed by atoms with Gasteiger partial charge in [-0.05, 0) is 34.5 Å². The molecule has 1 unspecified atom stereocenters. The number of halogens is 3. The lowest BCUT2D eigenvalue weighted by molar-refractivity contribution is 0.262. The number of hydrogen-bond acceptors (Lipinski definition) is 2. The minimum atomic E-state index is -1.04. The van der Waals surface area contributed by atoms with Gasteiger partial charge in [-0.1, -0.05) is 0 Å². The van der Waals surface area contributed by atoms with Gasteiger partial charge in [0, 0.05) is 5.56 Å². The van der Waals surface area contributed by atoms with Crippen LogP contribution in [0, 0.1) is 18.6 Å². The summed E-state index contributed by atoms with van der Waals surface area (Å²) in [6.45, 7) is 1.01. The van der Waals surface area contributed by atoms with Crippen LogP contribution in [0.1, 0.15) is 17.2 Å². The first-order chi connectivity index (χ1) is 6.49. The monoisotopic (exact) mass is 265 g/mol. The Bertz CT molecular complexity index is 331. The molecule has 1 atom stereocenters. The Kier molecular flexibility index (Phi) is 3.58. The summed E-state index contributed by atoms with van der Waals surface area (Å²) in [4.78, 5) is 0. The Balaban J connectivity index is 3.39. The van der Waals surface area contributed by atoms with Crippen LogP contribution in [0.2, 0.25) is 0 Å². The lowest BCUT2D eigenvalue weighted by Gasteiger charge is -2.13. The number of aliphatic hydroxyl groups is 1. The normalized spacial score (nSPS) is 13.0. The molecule has 0 saturated heterocycles. The van der Waals surface area contributed by atoms with Crippen molar-refractivity contribution in [1.29, 1.82) is 0 Å². The highest BCUT2D eigenvalue weighted by atomic mass is 79.9. The van der Waals surface area contributed by atoms with E-state index in [9.17, 15) is 8.78 Å². The second kappa shape index (κ2) is 4.33. The number of hydrogen-bond donors (Lipinski definition) is 2. The highest BCUT2D eigenvalue weighted by Crippen LogP contribution is 2.28. The molecular formula is C9H10BrF2NO. The van der Waals surface area contributed by atoms with Crippen LogP contribution in [0.5, 0.6) is 0 Å². The zero-order valence-corrected chi connectivity index (χ0v) is 9.11. The van der Waals surface area contributed by atoms with E-state index in [2.05, 4.69) is 15.9 Å². The fraction of sp³-hybridized carbons (Fsp3) is 0.333. The van der Waals surface area contributed by atoms with Gasteiger partial charge >= 0.3 is 0 Å². The van der Waals surface area contributed by atoms with E-state index in [1.165, 1.54) is 13.0 Å². The van der Waals surface area contributed by atoms with Crippen LogP contribution in [-0.2, 0) is 0 Å². The maximum Gasteiger partial charge on any atom is 0.145 e. The topological polar surface area (TPSA) is 46.2 Å². The highest BCUT2D eigenvalue weighted by Gasteiger charge is 2.20. The predicted molar refractivity (Wildman–Crippen MR) is 52.8 cm³/mol. The summed E-state index contributed by atoms with van der Waals surface area (Å²) in [5.74, 6) is -1.46. The zero-order chi connectivity index (χ0) is 10.9. The van der Waals surface area contributed by atoms with E-state index in [4.69, 9.17) is 10.8 Å². The molecule has 0 heterocycles. The summed E-state index contributed by atoms with van der Waals surface area (Å²) in [5, 5.41) is 8.75. The van der Waals surface area contributed by atoms with Crippen molar-refractivity contribution < 1.29 is 13.9 Å². The maximum absolute atomic E-state index is 13.4. The minimum Gasteiger partial charge on any atom is -0.394 e. The van der Waals surface area contributed by atoms with Crippen LogP contribution in [0.15, 0.2) is 10.5 Å². The molecule has 1 rings (SSSR count). The van der Waals surface area contributed by atoms with E-state index in [1.807, 2.05) is 0 Å². The van der Waals surface area contributed by atoms with Crippen LogP contribution in [0.3, 0.4) is 0 Å². The van der Waals surface area contributed by atoms with Gasteiger partial charge in [-0.3, -0.25) is 0 Å². The van der Waals surface area contributed by atoms with Crippen LogP contribution in [0.4, 0.5) is 8.78 Å². The standard InChI is InChI=1S/C9H10BrF2NO/c1-4-2-5(10)9(12)7(8(4)11)6(13)3-14/h2,6,14H,3,13H2,1H3. The molecule has 0 aliphatic carbocycles. The average Bonchev–Trinajstić information content (AvgIpc) is 2.15. The molecule has 1 aromatic carbocycles. The Morgan fingerprint density at radius 2 is 2.07 bits per heavy atom. The van der Waals surface area contributed by atoms with Gasteiger partial charge in [-0.15, -0.1) is 0 Å². The summed E-state index contributed by atoms with van der Waals surface area (Å²) >= 11 is 2.95. The Labute approximate surface area is 88.9 Å². The smallest absolute Gasteiger partial charge is 0.145 e. The van der Waals surface area contributed by atoms with Gasteiger partial charge in [0.1, 0.15) is 11.6 Å². The molecule has 0 aromatic heterocycles. The summed E-state index contributed by atoms with van der Waals surface area (Å²) < 4.78 is 27.0. The second-order valence-corrected chi connectivity index (χ2v) is 3.86. The fourth-order valence-corrected chi connectivity index (χ4v) is 1.73. The molecule has 0 aliphatic heterocycles. The van der Waals surface area contributed by atoms with Crippen molar-refractivity contribution in [2.45, 2.75) is 13.0 Å². The first-order valence-corrected chi connectivity index (χ1v) is 4.78. The van der Waals surface area contributed by atoms with Crippen molar-refractivity contribution >= 4 is 15.9 Å². The lowest BCUT2D eigenvalue weighted by atomic mass is 10.0. The van der Waals surface area contributed by atoms with Gasteiger partial charge in [-0.25, -0.2) is 8.78 Å². The van der Waals surface area contributed by atoms with Crippen molar-refractivity contribution in [2.75, 3.05) is 6.61 Å². The van der Waals surface area contributed by atoms with Gasteiger partial charge in [0.15, 0.2) is 0 Å². The summed E-state index contributed by atoms with van der Waals surface area (Å²) in [6.07, 6.45) is 0. The molecule has 0 bridgehead atoms. The van der Waals surface area contributed by atoms with Crippen LogP contribution >= 0.6 is 15.9 Å². The summed E-state index contributed by atoms with van der Waals surface area (Å²) in [7, 11) is 0. The van der Waals surface area contributed by atoms with E-state index in [0.717, 1.165) is 0 Å². The van der Waals surface area contributed by atoms with Crippen molar-refractivity contribution in [3.05, 3.63) is 33.3 Å². The third-order valence-corrected chi connectivity index (χ3v) is 2.52. The van der Waals surface area contributed by atoms with Crippen molar-refractivity contribution in [3.8, 4) is 0 Å². The molecule has 0 saturated carbocycles. The fourth-order valence-electron chi connectivity index (χ4n) is 1.17. The molecule has 1 aromatic rings. The molecule has 0 amide bonds. The molecule has 2 nitrogen and oxygen atoms in total. The number of aryl methyl sites for hydroxylation is 1. The van der Waals surface area contributed by atoms with Crippen molar-refractivity contribution in [1.82, 2.24) is 0 Å². The molecular weight excluding hydrogens is 256 g/mol. The van der Waals surface area contributed by atoms with Gasteiger partial charge in [-0.2, -0.15) is 0 Å². The molecule has 14 heavy (non-hydrogen) atoms. The first kappa shape index (κ1) is 11.6. The average molecular weight is 266 g/mol. The van der Waals surface area contributed by atoms with Gasteiger partial charge in [0.05, 0.1) is 17.1 Å². The van der Waals surface area contributed by atoms with Gasteiger partial charge in [0.2, 0.25) is 0 Å². The zero-order valence-electron chi connectivity index (χ0n) is 7.52. The van der Waals surface area contributed by atoms with E-state index < -0.39 is 24.3 Å². The van der Waals surface area contributed by atoms with Crippen LogP contribution in [0.25, 0.3) is 0 Å². The molecule has 0 fully saturated rings. The molecule has 0 radical (unpaired) electrons. The summed E-state index contributed by atoms with van der Waals surface area (Å²) in [5.41, 5.74) is 5.39. The Morgan fingerprint density at radius 3 is 2.57 bits per heavy atom. The predicted octanol–water partition coefficient (Wildman–Crippen LogP) is 2.03. The van der Waals surface area contributed by atoms with E-state index >= 15 is 0 Å².